The fourth-order valence-corrected chi connectivity index (χ4v) is 2.52. The van der Waals surface area contributed by atoms with Crippen LogP contribution in [0.5, 0.6) is 0 Å². The van der Waals surface area contributed by atoms with Gasteiger partial charge in [-0.15, -0.1) is 24.0 Å². The molecule has 0 aliphatic heterocycles. The predicted octanol–water partition coefficient (Wildman–Crippen LogP) is 3.00. The van der Waals surface area contributed by atoms with E-state index in [9.17, 15) is 0 Å². The third kappa shape index (κ3) is 5.33. The molecule has 0 aromatic heterocycles. The van der Waals surface area contributed by atoms with Crippen molar-refractivity contribution in [2.24, 2.45) is 22.7 Å². The first-order valence-electron chi connectivity index (χ1n) is 7.25. The molecule has 0 aromatic carbocycles. The molecule has 3 nitrogen and oxygen atoms in total. The number of rotatable bonds is 6. The molecule has 0 heterocycles. The lowest BCUT2D eigenvalue weighted by Crippen LogP contribution is -2.41. The van der Waals surface area contributed by atoms with Crippen molar-refractivity contribution in [3.8, 4) is 0 Å². The van der Waals surface area contributed by atoms with Crippen molar-refractivity contribution in [3.05, 3.63) is 0 Å². The Balaban J connectivity index is 0.00000162. The number of nitrogens with zero attached hydrogens (tertiary/aromatic N) is 1. The molecule has 0 unspecified atom stereocenters. The molecule has 2 aliphatic carbocycles. The second-order valence-electron chi connectivity index (χ2n) is 5.86. The highest BCUT2D eigenvalue weighted by atomic mass is 127. The molecule has 0 spiro atoms. The van der Waals surface area contributed by atoms with Gasteiger partial charge in [-0.1, -0.05) is 0 Å². The van der Waals surface area contributed by atoms with Gasteiger partial charge in [-0.2, -0.15) is 0 Å². The van der Waals surface area contributed by atoms with Crippen molar-refractivity contribution in [1.82, 2.24) is 10.6 Å². The molecule has 2 N–H and O–H groups in total. The van der Waals surface area contributed by atoms with E-state index >= 15 is 0 Å². The second kappa shape index (κ2) is 7.56. The van der Waals surface area contributed by atoms with E-state index in [0.29, 0.717) is 6.04 Å². The van der Waals surface area contributed by atoms with Crippen molar-refractivity contribution >= 4 is 29.9 Å². The standard InChI is InChI=1S/C14H27N3.HI/c1-4-15-14(17-10(2)3)16-9-13(11-5-6-11)12-7-8-12;/h10-13H,4-9H2,1-3H3,(H2,15,16,17);1H. The van der Waals surface area contributed by atoms with Gasteiger partial charge in [-0.3, -0.25) is 4.99 Å². The molecule has 4 heteroatoms. The van der Waals surface area contributed by atoms with Gasteiger partial charge in [0.15, 0.2) is 5.96 Å². The minimum atomic E-state index is 0. The van der Waals surface area contributed by atoms with Crippen LogP contribution in [0, 0.1) is 17.8 Å². The molecule has 0 bridgehead atoms. The van der Waals surface area contributed by atoms with Crippen molar-refractivity contribution in [1.29, 1.82) is 0 Å². The lowest BCUT2D eigenvalue weighted by Gasteiger charge is -2.17. The van der Waals surface area contributed by atoms with Gasteiger partial charge in [0.1, 0.15) is 0 Å². The topological polar surface area (TPSA) is 36.4 Å². The molecule has 2 rings (SSSR count). The third-order valence-electron chi connectivity index (χ3n) is 3.68. The fourth-order valence-electron chi connectivity index (χ4n) is 2.52. The monoisotopic (exact) mass is 365 g/mol. The number of aliphatic imine (C=N–C) groups is 1. The number of hydrogen-bond acceptors (Lipinski definition) is 1. The van der Waals surface area contributed by atoms with Crippen molar-refractivity contribution in [2.45, 2.75) is 52.5 Å². The molecule has 0 amide bonds. The minimum Gasteiger partial charge on any atom is -0.357 e. The van der Waals surface area contributed by atoms with E-state index in [1.165, 1.54) is 25.7 Å². The number of halogens is 1. The first-order chi connectivity index (χ1) is 8.20. The van der Waals surface area contributed by atoms with E-state index in [0.717, 1.165) is 36.8 Å². The third-order valence-corrected chi connectivity index (χ3v) is 3.68. The summed E-state index contributed by atoms with van der Waals surface area (Å²) >= 11 is 0. The Morgan fingerprint density at radius 3 is 2.11 bits per heavy atom. The molecular formula is C14H28IN3. The molecular weight excluding hydrogens is 337 g/mol. The highest BCUT2D eigenvalue weighted by Crippen LogP contribution is 2.49. The van der Waals surface area contributed by atoms with E-state index in [4.69, 9.17) is 4.99 Å². The average Bonchev–Trinajstić information content (AvgIpc) is 3.13. The van der Waals surface area contributed by atoms with Crippen LogP contribution < -0.4 is 10.6 Å². The fraction of sp³-hybridized carbons (Fsp3) is 0.929. The Morgan fingerprint density at radius 1 is 1.17 bits per heavy atom. The molecule has 0 atom stereocenters. The van der Waals surface area contributed by atoms with Crippen LogP contribution in [0.4, 0.5) is 0 Å². The first-order valence-corrected chi connectivity index (χ1v) is 7.25. The molecule has 0 radical (unpaired) electrons. The molecule has 2 fully saturated rings. The summed E-state index contributed by atoms with van der Waals surface area (Å²) in [5, 5.41) is 6.72. The van der Waals surface area contributed by atoms with Crippen LogP contribution in [0.3, 0.4) is 0 Å². The van der Waals surface area contributed by atoms with E-state index in [-0.39, 0.29) is 24.0 Å². The van der Waals surface area contributed by atoms with Crippen LogP contribution >= 0.6 is 24.0 Å². The number of nitrogens with one attached hydrogen (secondary N) is 2. The van der Waals surface area contributed by atoms with Crippen LogP contribution in [-0.2, 0) is 0 Å². The summed E-state index contributed by atoms with van der Waals surface area (Å²) in [7, 11) is 0. The number of hydrogen-bond donors (Lipinski definition) is 2. The van der Waals surface area contributed by atoms with Gasteiger partial charge in [0.05, 0.1) is 0 Å². The highest BCUT2D eigenvalue weighted by Gasteiger charge is 2.41. The zero-order valence-electron chi connectivity index (χ0n) is 11.9. The summed E-state index contributed by atoms with van der Waals surface area (Å²) in [6.07, 6.45) is 5.80. The summed E-state index contributed by atoms with van der Waals surface area (Å²) in [6, 6.07) is 0.452. The Labute approximate surface area is 129 Å². The van der Waals surface area contributed by atoms with Crippen molar-refractivity contribution in [2.75, 3.05) is 13.1 Å². The molecule has 2 aliphatic rings. The molecule has 18 heavy (non-hydrogen) atoms. The van der Waals surface area contributed by atoms with Gasteiger partial charge < -0.3 is 10.6 Å². The minimum absolute atomic E-state index is 0. The molecule has 0 aromatic rings. The predicted molar refractivity (Wildman–Crippen MR) is 88.6 cm³/mol. The summed E-state index contributed by atoms with van der Waals surface area (Å²) in [5.41, 5.74) is 0. The Bertz CT molecular complexity index is 258. The summed E-state index contributed by atoms with van der Waals surface area (Å²) in [6.45, 7) is 8.41. The van der Waals surface area contributed by atoms with Gasteiger partial charge >= 0.3 is 0 Å². The zero-order chi connectivity index (χ0) is 12.3. The van der Waals surface area contributed by atoms with Gasteiger partial charge in [0.25, 0.3) is 0 Å². The highest BCUT2D eigenvalue weighted by molar-refractivity contribution is 14.0. The van der Waals surface area contributed by atoms with Gasteiger partial charge in [-0.25, -0.2) is 0 Å². The van der Waals surface area contributed by atoms with E-state index in [1.54, 1.807) is 0 Å². The van der Waals surface area contributed by atoms with Crippen LogP contribution in [0.25, 0.3) is 0 Å². The van der Waals surface area contributed by atoms with Crippen molar-refractivity contribution < 1.29 is 0 Å². The Hall–Kier alpha value is 0. The lowest BCUT2D eigenvalue weighted by atomic mass is 9.98. The first kappa shape index (κ1) is 16.1. The van der Waals surface area contributed by atoms with Crippen LogP contribution in [0.1, 0.15) is 46.5 Å². The van der Waals surface area contributed by atoms with Gasteiger partial charge in [0, 0.05) is 19.1 Å². The Kier molecular flexibility index (Phi) is 6.74. The maximum Gasteiger partial charge on any atom is 0.191 e. The SMILES string of the molecule is CCNC(=NCC(C1CC1)C1CC1)NC(C)C.I. The molecule has 0 saturated heterocycles. The summed E-state index contributed by atoms with van der Waals surface area (Å²) < 4.78 is 0. The van der Waals surface area contributed by atoms with Crippen LogP contribution in [-0.4, -0.2) is 25.1 Å². The van der Waals surface area contributed by atoms with E-state index in [1.807, 2.05) is 0 Å². The second-order valence-corrected chi connectivity index (χ2v) is 5.86. The zero-order valence-corrected chi connectivity index (χ0v) is 14.2. The van der Waals surface area contributed by atoms with Crippen molar-refractivity contribution in [3.63, 3.8) is 0 Å². The summed E-state index contributed by atoms with van der Waals surface area (Å²) in [4.78, 5) is 4.77. The quantitative estimate of drug-likeness (QED) is 0.431. The maximum absolute atomic E-state index is 4.77. The average molecular weight is 365 g/mol. The lowest BCUT2D eigenvalue weighted by molar-refractivity contribution is 0.416. The van der Waals surface area contributed by atoms with E-state index < -0.39 is 0 Å². The van der Waals surface area contributed by atoms with E-state index in [2.05, 4.69) is 31.4 Å². The molecule has 106 valence electrons. The Morgan fingerprint density at radius 2 is 1.72 bits per heavy atom. The maximum atomic E-state index is 4.77. The largest absolute Gasteiger partial charge is 0.357 e. The summed E-state index contributed by atoms with van der Waals surface area (Å²) in [5.74, 6) is 3.85. The van der Waals surface area contributed by atoms with Gasteiger partial charge in [0.2, 0.25) is 0 Å². The van der Waals surface area contributed by atoms with Crippen LogP contribution in [0.15, 0.2) is 4.99 Å². The smallest absolute Gasteiger partial charge is 0.191 e. The van der Waals surface area contributed by atoms with Crippen LogP contribution in [0.2, 0.25) is 0 Å². The molecule has 2 saturated carbocycles. The van der Waals surface area contributed by atoms with Gasteiger partial charge in [-0.05, 0) is 64.2 Å². The number of guanidine groups is 1. The normalized spacial score (nSPS) is 19.9.